The number of amides is 4. The molecule has 2 heterocycles. The number of aliphatic carboxylic acids is 1. The van der Waals surface area contributed by atoms with Gasteiger partial charge in [-0.2, -0.15) is 0 Å². The molecule has 0 radical (unpaired) electrons. The van der Waals surface area contributed by atoms with Crippen LogP contribution in [0.1, 0.15) is 40.0 Å². The highest BCUT2D eigenvalue weighted by Crippen LogP contribution is 2.34. The second-order valence-electron chi connectivity index (χ2n) is 5.62. The zero-order valence-corrected chi connectivity index (χ0v) is 13.8. The van der Waals surface area contributed by atoms with Crippen LogP contribution in [0.3, 0.4) is 0 Å². The third-order valence-electron chi connectivity index (χ3n) is 4.00. The Labute approximate surface area is 146 Å². The first-order chi connectivity index (χ1) is 11.9. The summed E-state index contributed by atoms with van der Waals surface area (Å²) in [5.41, 5.74) is 0.377. The lowest BCUT2D eigenvalue weighted by Crippen LogP contribution is -2.54. The summed E-state index contributed by atoms with van der Waals surface area (Å²) in [5, 5.41) is 10.9. The lowest BCUT2D eigenvalue weighted by Gasteiger charge is -2.27. The van der Waals surface area contributed by atoms with Gasteiger partial charge in [0, 0.05) is 17.1 Å². The zero-order chi connectivity index (χ0) is 18.1. The molecule has 130 valence electrons. The number of rotatable bonds is 5. The van der Waals surface area contributed by atoms with E-state index in [1.54, 1.807) is 12.1 Å². The van der Waals surface area contributed by atoms with Crippen LogP contribution < -0.4 is 5.32 Å². The molecule has 9 heteroatoms. The van der Waals surface area contributed by atoms with Gasteiger partial charge in [-0.1, -0.05) is 6.07 Å². The Morgan fingerprint density at radius 2 is 2.00 bits per heavy atom. The summed E-state index contributed by atoms with van der Waals surface area (Å²) >= 11 is 1.17. The largest absolute Gasteiger partial charge is 0.481 e. The second kappa shape index (κ2) is 6.67. The average Bonchev–Trinajstić information content (AvgIpc) is 2.80. The normalized spacial score (nSPS) is 19.8. The summed E-state index contributed by atoms with van der Waals surface area (Å²) in [6.45, 7) is 0. The van der Waals surface area contributed by atoms with Crippen molar-refractivity contribution >= 4 is 41.4 Å². The summed E-state index contributed by atoms with van der Waals surface area (Å²) in [6.07, 6.45) is 0.0784. The van der Waals surface area contributed by atoms with E-state index in [0.717, 1.165) is 4.90 Å². The quantitative estimate of drug-likeness (QED) is 0.583. The minimum Gasteiger partial charge on any atom is -0.481 e. The number of nitrogens with one attached hydrogen (secondary N) is 1. The summed E-state index contributed by atoms with van der Waals surface area (Å²) in [7, 11) is 0. The maximum absolute atomic E-state index is 12.8. The van der Waals surface area contributed by atoms with Crippen LogP contribution >= 0.6 is 11.8 Å². The molecule has 0 bridgehead atoms. The summed E-state index contributed by atoms with van der Waals surface area (Å²) in [4.78, 5) is 60.7. The van der Waals surface area contributed by atoms with Crippen molar-refractivity contribution in [2.24, 2.45) is 0 Å². The summed E-state index contributed by atoms with van der Waals surface area (Å²) in [5.74, 6) is -2.95. The van der Waals surface area contributed by atoms with E-state index in [2.05, 4.69) is 5.32 Å². The summed E-state index contributed by atoms with van der Waals surface area (Å²) < 4.78 is 0. The molecule has 1 unspecified atom stereocenters. The van der Waals surface area contributed by atoms with Crippen molar-refractivity contribution in [2.45, 2.75) is 30.2 Å². The van der Waals surface area contributed by atoms with E-state index in [-0.39, 0.29) is 36.1 Å². The van der Waals surface area contributed by atoms with Gasteiger partial charge in [0.05, 0.1) is 17.5 Å². The number of carbonyl (C=O) groups excluding carboxylic acids is 4. The number of thioether (sulfide) groups is 1. The molecule has 0 saturated carbocycles. The predicted octanol–water partition coefficient (Wildman–Crippen LogP) is 0.655. The number of benzene rings is 1. The first kappa shape index (κ1) is 17.2. The van der Waals surface area contributed by atoms with E-state index in [9.17, 15) is 24.0 Å². The lowest BCUT2D eigenvalue weighted by atomic mass is 10.0. The number of carboxylic acid groups (broad SMARTS) is 1. The van der Waals surface area contributed by atoms with Crippen molar-refractivity contribution < 1.29 is 29.1 Å². The van der Waals surface area contributed by atoms with Crippen LogP contribution in [0.2, 0.25) is 0 Å². The van der Waals surface area contributed by atoms with Gasteiger partial charge in [0.15, 0.2) is 0 Å². The van der Waals surface area contributed by atoms with Gasteiger partial charge in [0.25, 0.3) is 11.8 Å². The van der Waals surface area contributed by atoms with Crippen LogP contribution in [0.5, 0.6) is 0 Å². The molecule has 2 aliphatic heterocycles. The lowest BCUT2D eigenvalue weighted by molar-refractivity contribution is -0.137. The molecule has 3 rings (SSSR count). The second-order valence-corrected chi connectivity index (χ2v) is 6.75. The number of nitrogens with zero attached hydrogens (tertiary/aromatic N) is 1. The Morgan fingerprint density at radius 3 is 2.68 bits per heavy atom. The molecular weight excluding hydrogens is 348 g/mol. The third kappa shape index (κ3) is 3.14. The molecule has 1 saturated heterocycles. The molecule has 4 amide bonds. The van der Waals surface area contributed by atoms with Crippen molar-refractivity contribution in [1.29, 1.82) is 0 Å². The van der Waals surface area contributed by atoms with E-state index in [0.29, 0.717) is 4.90 Å². The van der Waals surface area contributed by atoms with Crippen LogP contribution in [0.15, 0.2) is 23.1 Å². The molecule has 0 spiro atoms. The van der Waals surface area contributed by atoms with Crippen molar-refractivity contribution in [1.82, 2.24) is 10.2 Å². The van der Waals surface area contributed by atoms with Gasteiger partial charge in [0.2, 0.25) is 11.8 Å². The fourth-order valence-electron chi connectivity index (χ4n) is 2.85. The Kier molecular flexibility index (Phi) is 4.58. The third-order valence-corrected chi connectivity index (χ3v) is 5.06. The molecule has 0 aliphatic carbocycles. The Hall–Kier alpha value is -2.68. The number of hydrogen-bond donors (Lipinski definition) is 2. The Balaban J connectivity index is 1.87. The van der Waals surface area contributed by atoms with Crippen LogP contribution in [0.4, 0.5) is 0 Å². The first-order valence-electron chi connectivity index (χ1n) is 7.59. The molecule has 8 nitrogen and oxygen atoms in total. The van der Waals surface area contributed by atoms with Crippen LogP contribution in [-0.4, -0.2) is 51.4 Å². The van der Waals surface area contributed by atoms with Crippen molar-refractivity contribution in [3.8, 4) is 0 Å². The van der Waals surface area contributed by atoms with E-state index < -0.39 is 35.6 Å². The fraction of sp³-hybridized carbons (Fsp3) is 0.312. The molecule has 1 aromatic carbocycles. The smallest absolute Gasteiger partial charge is 0.304 e. The first-order valence-corrected chi connectivity index (χ1v) is 8.58. The number of fused-ring (bicyclic) bond motifs is 1. The topological polar surface area (TPSA) is 121 Å². The van der Waals surface area contributed by atoms with Crippen LogP contribution in [0.25, 0.3) is 0 Å². The fourth-order valence-corrected chi connectivity index (χ4v) is 3.87. The maximum atomic E-state index is 12.8. The highest BCUT2D eigenvalue weighted by Gasteiger charge is 2.45. The minimum atomic E-state index is -1.01. The number of piperidine rings is 1. The van der Waals surface area contributed by atoms with E-state index >= 15 is 0 Å². The number of imide groups is 2. The summed E-state index contributed by atoms with van der Waals surface area (Å²) in [6, 6.07) is 3.75. The van der Waals surface area contributed by atoms with Crippen molar-refractivity contribution in [2.75, 3.05) is 5.75 Å². The molecule has 25 heavy (non-hydrogen) atoms. The average molecular weight is 362 g/mol. The number of carboxylic acids is 1. The molecule has 1 aromatic rings. The Morgan fingerprint density at radius 1 is 1.24 bits per heavy atom. The molecular formula is C16H14N2O6S. The van der Waals surface area contributed by atoms with Gasteiger partial charge in [0.1, 0.15) is 6.04 Å². The Bertz CT molecular complexity index is 806. The van der Waals surface area contributed by atoms with E-state index in [4.69, 9.17) is 5.11 Å². The van der Waals surface area contributed by atoms with Crippen LogP contribution in [0, 0.1) is 0 Å². The maximum Gasteiger partial charge on any atom is 0.304 e. The molecule has 2 aliphatic rings. The van der Waals surface area contributed by atoms with Gasteiger partial charge < -0.3 is 5.11 Å². The van der Waals surface area contributed by atoms with Gasteiger partial charge in [-0.05, 0) is 18.6 Å². The monoisotopic (exact) mass is 362 g/mol. The molecule has 2 N–H and O–H groups in total. The van der Waals surface area contributed by atoms with E-state index in [1.807, 2.05) is 0 Å². The molecule has 1 fully saturated rings. The number of carbonyl (C=O) groups is 5. The van der Waals surface area contributed by atoms with Crippen molar-refractivity contribution in [3.05, 3.63) is 29.3 Å². The van der Waals surface area contributed by atoms with Crippen molar-refractivity contribution in [3.63, 3.8) is 0 Å². The predicted molar refractivity (Wildman–Crippen MR) is 86.1 cm³/mol. The minimum absolute atomic E-state index is 0.0596. The van der Waals surface area contributed by atoms with Gasteiger partial charge >= 0.3 is 5.97 Å². The van der Waals surface area contributed by atoms with Crippen LogP contribution in [-0.2, 0) is 14.4 Å². The number of hydrogen-bond acceptors (Lipinski definition) is 6. The highest BCUT2D eigenvalue weighted by atomic mass is 32.2. The van der Waals surface area contributed by atoms with Gasteiger partial charge in [-0.15, -0.1) is 11.8 Å². The standard InChI is InChI=1S/C16H14N2O6S/c19-11-5-4-9(14(22)17-11)18-15(23)8-2-1-3-10(13(8)16(18)24)25-7-6-12(20)21/h1-3,9H,4-7H2,(H,20,21)(H,17,19,22). The molecule has 1 atom stereocenters. The van der Waals surface area contributed by atoms with E-state index in [1.165, 1.54) is 17.8 Å². The van der Waals surface area contributed by atoms with Gasteiger partial charge in [-0.25, -0.2) is 0 Å². The SMILES string of the molecule is O=C(O)CCSc1cccc2c1C(=O)N(C1CCC(=O)NC1=O)C2=O. The highest BCUT2D eigenvalue weighted by molar-refractivity contribution is 7.99. The molecule has 0 aromatic heterocycles. The zero-order valence-electron chi connectivity index (χ0n) is 13.0. The van der Waals surface area contributed by atoms with Gasteiger partial charge in [-0.3, -0.25) is 34.2 Å².